The molecule has 0 atom stereocenters. The number of halogens is 4. The fraction of sp³-hybridized carbons (Fsp3) is 0. The van der Waals surface area contributed by atoms with E-state index < -0.39 is 47.9 Å². The van der Waals surface area contributed by atoms with Gasteiger partial charge in [-0.15, -0.1) is 24.8 Å². The van der Waals surface area contributed by atoms with Crippen molar-refractivity contribution in [1.82, 2.24) is 0 Å². The Kier molecular flexibility index (Phi) is 221. The maximum absolute atomic E-state index is 8.85. The summed E-state index contributed by atoms with van der Waals surface area (Å²) in [6.45, 7) is 0. The van der Waals surface area contributed by atoms with E-state index in [1.54, 1.807) is 0 Å². The fourth-order valence-corrected chi connectivity index (χ4v) is 0. The van der Waals surface area contributed by atoms with Crippen LogP contribution in [0.1, 0.15) is 0 Å². The molecule has 0 rings (SSSR count). The third-order valence-corrected chi connectivity index (χ3v) is 0. The average molecular weight is 1030 g/mol. The van der Waals surface area contributed by atoms with Crippen LogP contribution in [0.5, 0.6) is 0 Å². The quantitative estimate of drug-likeness (QED) is 0.0804. The molecule has 0 fully saturated rings. The first-order valence-corrected chi connectivity index (χ1v) is 11.4. The zero-order chi connectivity index (χ0) is 22.0. The van der Waals surface area contributed by atoms with Crippen LogP contribution >= 0.6 is 48.5 Å². The number of hydrogen-bond donors (Lipinski definition) is 10. The van der Waals surface area contributed by atoms with E-state index in [4.69, 9.17) is 76.2 Å². The zero-order valence-corrected chi connectivity index (χ0v) is 25.5. The van der Waals surface area contributed by atoms with Gasteiger partial charge < -0.3 is 0 Å². The molecule has 225 valence electrons. The summed E-state index contributed by atoms with van der Waals surface area (Å²) in [7, 11) is -14.0. The van der Waals surface area contributed by atoms with Crippen LogP contribution < -0.4 is 0 Å². The van der Waals surface area contributed by atoms with E-state index in [0.717, 1.165) is 0 Å². The van der Waals surface area contributed by atoms with Crippen LogP contribution in [0.4, 0.5) is 0 Å². The van der Waals surface area contributed by atoms with Crippen LogP contribution in [0.2, 0.25) is 0 Å². The van der Waals surface area contributed by atoms with E-state index in [9.17, 15) is 0 Å². The molecular formula is H16Cl4CoCu2Mn2MoNa4O18S3. The van der Waals surface area contributed by atoms with Crippen LogP contribution in [0.25, 0.3) is 0 Å². The Morgan fingerprint density at radius 2 is 0.486 bits per heavy atom. The van der Waals surface area contributed by atoms with Crippen molar-refractivity contribution in [3.05, 3.63) is 0 Å². The van der Waals surface area contributed by atoms with Gasteiger partial charge in [-0.25, -0.2) is 0 Å². The van der Waals surface area contributed by atoms with E-state index in [-0.39, 0.29) is 228 Å². The van der Waals surface area contributed by atoms with Gasteiger partial charge in [0.25, 0.3) is 0 Å². The molecule has 10 N–H and O–H groups in total. The van der Waals surface area contributed by atoms with E-state index in [1.165, 1.54) is 0 Å². The fourth-order valence-electron chi connectivity index (χ4n) is 0. The normalized spacial score (nSPS) is 6.97. The molecule has 0 amide bonds. The summed E-state index contributed by atoms with van der Waals surface area (Å²) in [5, 5.41) is 0. The second-order valence-electron chi connectivity index (χ2n) is 1.79. The Bertz CT molecular complexity index is 533. The van der Waals surface area contributed by atoms with Crippen molar-refractivity contribution in [3.63, 3.8) is 0 Å². The SMILES string of the molecule is Cl.Cl.O=S(=O)(O)O.O=S(=O)(O)O.O=S(=O)(O)O.OCl.OCl.[Co].[Cu].[Cu].[Mn].[Mn].[NaH].[NaH].[NaH].[NaH].[O]=[Mo](=[O])([OH])[OH]. The van der Waals surface area contributed by atoms with Crippen molar-refractivity contribution in [2.24, 2.45) is 0 Å². The Hall–Kier alpha value is 7.48. The minimum absolute atomic E-state index is 0. The molecule has 5 radical (unpaired) electrons. The van der Waals surface area contributed by atoms with Crippen LogP contribution in [-0.4, -0.2) is 188 Å². The number of rotatable bonds is 0. The molecule has 0 saturated heterocycles. The van der Waals surface area contributed by atoms with Gasteiger partial charge in [0.15, 0.2) is 0 Å². The second-order valence-corrected chi connectivity index (χ2v) is 6.68. The van der Waals surface area contributed by atoms with Crippen molar-refractivity contribution in [3.8, 4) is 0 Å². The molecule has 0 aromatic rings. The minimum atomic E-state index is -5.52. The van der Waals surface area contributed by atoms with Gasteiger partial charge in [0.2, 0.25) is 0 Å². The second kappa shape index (κ2) is 68.6. The Balaban J connectivity index is -0.00000000713. The van der Waals surface area contributed by atoms with Gasteiger partial charge >= 0.3 is 180 Å². The molecule has 35 heavy (non-hydrogen) atoms. The van der Waals surface area contributed by atoms with Crippen molar-refractivity contribution in [2.45, 2.75) is 0 Å². The molecule has 0 saturated carbocycles. The molecule has 0 aromatic carbocycles. The zero-order valence-electron chi connectivity index (χ0n) is 12.6. The summed E-state index contributed by atoms with van der Waals surface area (Å²) >= 11 is 1.76. The monoisotopic (exact) mass is 1020 g/mol. The van der Waals surface area contributed by atoms with Gasteiger partial charge in [-0.1, -0.05) is 0 Å². The topological polar surface area (TPSA) is 339 Å². The molecule has 0 aliphatic heterocycles. The van der Waals surface area contributed by atoms with E-state index in [1.807, 2.05) is 0 Å². The Morgan fingerprint density at radius 3 is 0.486 bits per heavy atom. The molecule has 0 aliphatic carbocycles. The van der Waals surface area contributed by atoms with Crippen LogP contribution in [0, 0.1) is 0 Å². The Labute approximate surface area is 368 Å². The summed E-state index contributed by atoms with van der Waals surface area (Å²) < 4.78 is 140. The summed E-state index contributed by atoms with van der Waals surface area (Å²) in [4.78, 5) is 0. The van der Waals surface area contributed by atoms with Crippen molar-refractivity contribution >= 4 is 198 Å². The van der Waals surface area contributed by atoms with Gasteiger partial charge in [0, 0.05) is 85.1 Å². The molecular weight excluding hydrogens is 1010 g/mol. The van der Waals surface area contributed by atoms with Crippen LogP contribution in [-0.2, 0) is 140 Å². The van der Waals surface area contributed by atoms with Crippen molar-refractivity contribution in [1.29, 1.82) is 0 Å². The van der Waals surface area contributed by atoms with Gasteiger partial charge in [-0.3, -0.25) is 36.6 Å². The standard InChI is InChI=1S/2ClHO.2ClH.Co.2Cu.2Mn.Mo.4Na.3H2O4S.2H2O.2O.4H/c2*1-2;;;;;;;;;;;;;3*1-5(2,3)4;;;;;;;;/h2*2H;2*1H;;;;;;;;;;;3*(H2,1,2,3,4);2*1H2;;;;;;/q;;;;;;;;;+2;;;;;;;;;;;;;;;/p-2. The predicted molar refractivity (Wildman–Crippen MR) is 108 cm³/mol. The van der Waals surface area contributed by atoms with Crippen LogP contribution in [0.3, 0.4) is 0 Å². The van der Waals surface area contributed by atoms with Gasteiger partial charge in [-0.2, -0.15) is 25.3 Å². The average Bonchev–Trinajstić information content (AvgIpc) is 2.12. The Morgan fingerprint density at radius 1 is 0.486 bits per heavy atom. The maximum atomic E-state index is 8.85. The molecule has 35 heteroatoms. The third-order valence-electron chi connectivity index (χ3n) is 0. The van der Waals surface area contributed by atoms with Crippen molar-refractivity contribution < 1.29 is 178 Å². The first-order valence-electron chi connectivity index (χ1n) is 3.13. The van der Waals surface area contributed by atoms with E-state index in [0.29, 0.717) is 0 Å². The van der Waals surface area contributed by atoms with Crippen molar-refractivity contribution in [2.75, 3.05) is 0 Å². The molecule has 0 spiro atoms. The number of hydrogen-bond acceptors (Lipinski definition) is 10. The molecule has 0 aromatic heterocycles. The first-order chi connectivity index (χ1) is 10.0. The van der Waals surface area contributed by atoms with Gasteiger partial charge in [0.1, 0.15) is 0 Å². The predicted octanol–water partition coefficient (Wildman–Crippen LogP) is -4.81. The summed E-state index contributed by atoms with van der Waals surface area (Å²) in [6, 6.07) is 0. The summed E-state index contributed by atoms with van der Waals surface area (Å²) in [5.41, 5.74) is 0. The molecule has 0 heterocycles. The molecule has 0 aliphatic rings. The van der Waals surface area contributed by atoms with E-state index >= 15 is 0 Å². The first kappa shape index (κ1) is 113. The third kappa shape index (κ3) is 1150. The summed E-state index contributed by atoms with van der Waals surface area (Å²) in [5.74, 6) is 0. The summed E-state index contributed by atoms with van der Waals surface area (Å²) in [6.07, 6.45) is 0. The van der Waals surface area contributed by atoms with Gasteiger partial charge in [-0.05, 0) is 0 Å². The van der Waals surface area contributed by atoms with Crippen LogP contribution in [0.15, 0.2) is 0 Å². The van der Waals surface area contributed by atoms with Gasteiger partial charge in [0.05, 0.1) is 23.7 Å². The molecule has 0 unspecified atom stereocenters. The van der Waals surface area contributed by atoms with E-state index in [2.05, 4.69) is 23.7 Å². The molecule has 0 bridgehead atoms. The molecule has 18 nitrogen and oxygen atoms in total.